The van der Waals surface area contributed by atoms with E-state index in [2.05, 4.69) is 20.8 Å². The van der Waals surface area contributed by atoms with E-state index in [9.17, 15) is 14.9 Å². The molecule has 0 unspecified atom stereocenters. The van der Waals surface area contributed by atoms with Crippen molar-refractivity contribution in [2.24, 2.45) is 0 Å². The third-order valence-electron chi connectivity index (χ3n) is 4.21. The molecule has 0 spiro atoms. The van der Waals surface area contributed by atoms with Crippen molar-refractivity contribution in [3.05, 3.63) is 64.0 Å². The third-order valence-corrected chi connectivity index (χ3v) is 4.21. The summed E-state index contributed by atoms with van der Waals surface area (Å²) in [5, 5.41) is 10.8. The second-order valence-electron chi connectivity index (χ2n) is 6.32. The Morgan fingerprint density at radius 3 is 2.50 bits per heavy atom. The lowest BCUT2D eigenvalue weighted by molar-refractivity contribution is -0.384. The van der Waals surface area contributed by atoms with Gasteiger partial charge in [-0.25, -0.2) is 0 Å². The Morgan fingerprint density at radius 1 is 1.29 bits per heavy atom. The van der Waals surface area contributed by atoms with Gasteiger partial charge in [0.15, 0.2) is 5.78 Å². The minimum absolute atomic E-state index is 0.0604. The Hall–Kier alpha value is -2.43. The van der Waals surface area contributed by atoms with Gasteiger partial charge in [0.1, 0.15) is 0 Å². The third kappa shape index (κ3) is 4.10. The first kappa shape index (κ1) is 17.9. The zero-order chi connectivity index (χ0) is 17.7. The smallest absolute Gasteiger partial charge is 0.269 e. The summed E-state index contributed by atoms with van der Waals surface area (Å²) >= 11 is 0. The summed E-state index contributed by atoms with van der Waals surface area (Å²) < 4.78 is 0. The second kappa shape index (κ2) is 7.90. The molecule has 0 saturated heterocycles. The highest BCUT2D eigenvalue weighted by molar-refractivity contribution is 5.97. The van der Waals surface area contributed by atoms with Crippen LogP contribution in [0.3, 0.4) is 0 Å². The first-order valence-corrected chi connectivity index (χ1v) is 8.39. The van der Waals surface area contributed by atoms with Crippen molar-refractivity contribution >= 4 is 11.5 Å². The summed E-state index contributed by atoms with van der Waals surface area (Å²) in [4.78, 5) is 25.1. The predicted octanol–water partition coefficient (Wildman–Crippen LogP) is 4.56. The summed E-state index contributed by atoms with van der Waals surface area (Å²) in [5.41, 5.74) is 1.72. The lowest BCUT2D eigenvalue weighted by Crippen LogP contribution is -2.26. The summed E-state index contributed by atoms with van der Waals surface area (Å²) in [7, 11) is 0. The van der Waals surface area contributed by atoms with Gasteiger partial charge in [-0.1, -0.05) is 31.6 Å². The average Bonchev–Trinajstić information content (AvgIpc) is 2.59. The first-order chi connectivity index (χ1) is 11.4. The average molecular weight is 328 g/mol. The maximum Gasteiger partial charge on any atom is 0.269 e. The van der Waals surface area contributed by atoms with Crippen molar-refractivity contribution in [2.45, 2.75) is 52.0 Å². The number of allylic oxidation sites excluding steroid dienone is 2. The van der Waals surface area contributed by atoms with Gasteiger partial charge in [0, 0.05) is 48.5 Å². The van der Waals surface area contributed by atoms with E-state index in [4.69, 9.17) is 0 Å². The van der Waals surface area contributed by atoms with E-state index in [1.165, 1.54) is 12.1 Å². The van der Waals surface area contributed by atoms with Gasteiger partial charge in [0.05, 0.1) is 4.92 Å². The topological polar surface area (TPSA) is 63.5 Å². The van der Waals surface area contributed by atoms with Crippen LogP contribution < -0.4 is 0 Å². The van der Waals surface area contributed by atoms with Crippen LogP contribution in [-0.2, 0) is 4.79 Å². The van der Waals surface area contributed by atoms with Gasteiger partial charge in [-0.05, 0) is 25.8 Å². The largest absolute Gasteiger partial charge is 0.352 e. The summed E-state index contributed by atoms with van der Waals surface area (Å²) in [6.45, 7) is 6.21. The fraction of sp³-hybridized carbons (Fsp3) is 0.421. The number of benzene rings is 1. The number of unbranched alkanes of at least 4 members (excludes halogenated alkanes) is 1. The van der Waals surface area contributed by atoms with Crippen LogP contribution in [0.4, 0.5) is 5.69 Å². The number of nitrogens with zero attached hydrogens (tertiary/aromatic N) is 2. The van der Waals surface area contributed by atoms with Gasteiger partial charge in [-0.3, -0.25) is 14.9 Å². The van der Waals surface area contributed by atoms with Gasteiger partial charge in [-0.2, -0.15) is 0 Å². The number of hydrogen-bond acceptors (Lipinski definition) is 4. The molecule has 0 radical (unpaired) electrons. The van der Waals surface area contributed by atoms with Gasteiger partial charge < -0.3 is 4.90 Å². The molecule has 0 N–H and O–H groups in total. The Labute approximate surface area is 142 Å². The zero-order valence-corrected chi connectivity index (χ0v) is 14.4. The predicted molar refractivity (Wildman–Crippen MR) is 94.6 cm³/mol. The van der Waals surface area contributed by atoms with Crippen molar-refractivity contribution in [1.29, 1.82) is 0 Å². The molecular formula is C19H24N2O3. The Balaban J connectivity index is 2.31. The quantitative estimate of drug-likeness (QED) is 0.544. The highest BCUT2D eigenvalue weighted by atomic mass is 16.6. The zero-order valence-electron chi connectivity index (χ0n) is 14.4. The van der Waals surface area contributed by atoms with Crippen molar-refractivity contribution < 1.29 is 9.72 Å². The summed E-state index contributed by atoms with van der Waals surface area (Å²) in [5.74, 6) is 0.000336. The molecular weight excluding hydrogens is 304 g/mol. The van der Waals surface area contributed by atoms with Crippen LogP contribution in [0.15, 0.2) is 48.3 Å². The molecule has 1 aromatic rings. The highest BCUT2D eigenvalue weighted by Crippen LogP contribution is 2.32. The van der Waals surface area contributed by atoms with Crippen LogP contribution in [0.25, 0.3) is 0 Å². The molecule has 1 aliphatic rings. The number of carbonyl (C=O) groups excluding carboxylic acids is 1. The fourth-order valence-corrected chi connectivity index (χ4v) is 2.72. The molecule has 0 amide bonds. The monoisotopic (exact) mass is 328 g/mol. The second-order valence-corrected chi connectivity index (χ2v) is 6.32. The van der Waals surface area contributed by atoms with E-state index in [1.54, 1.807) is 12.1 Å². The number of ketones is 1. The molecule has 1 aliphatic heterocycles. The maximum absolute atomic E-state index is 12.6. The number of rotatable bonds is 7. The van der Waals surface area contributed by atoms with Crippen LogP contribution in [0, 0.1) is 10.1 Å². The van der Waals surface area contributed by atoms with Gasteiger partial charge in [0.25, 0.3) is 5.69 Å². The molecule has 0 saturated carbocycles. The minimum Gasteiger partial charge on any atom is -0.352 e. The van der Waals surface area contributed by atoms with Gasteiger partial charge >= 0.3 is 0 Å². The number of carbonyl (C=O) groups is 1. The summed E-state index contributed by atoms with van der Waals surface area (Å²) in [6.07, 6.45) is 8.29. The number of Topliss-reactive ketones (excluding diaryl/α,β-unsaturated/α-hetero) is 1. The molecule has 0 fully saturated rings. The minimum atomic E-state index is -0.413. The highest BCUT2D eigenvalue weighted by Gasteiger charge is 2.25. The Morgan fingerprint density at radius 2 is 1.96 bits per heavy atom. The molecule has 5 heteroatoms. The Kier molecular flexibility index (Phi) is 5.90. The lowest BCUT2D eigenvalue weighted by Gasteiger charge is -2.29. The molecule has 2 rings (SSSR count). The molecule has 1 atom stereocenters. The molecule has 1 aromatic carbocycles. The van der Waals surface area contributed by atoms with Crippen LogP contribution in [0.2, 0.25) is 0 Å². The maximum atomic E-state index is 12.6. The van der Waals surface area contributed by atoms with E-state index in [0.29, 0.717) is 6.42 Å². The van der Waals surface area contributed by atoms with Crippen molar-refractivity contribution in [2.75, 3.05) is 0 Å². The molecule has 0 aromatic heterocycles. The SMILES string of the molecule is CCCCC(=O)C1=CN(C(C)C)C=C[C@H]1c1ccc([N+](=O)[O-])cc1. The van der Waals surface area contributed by atoms with E-state index >= 15 is 0 Å². The fourth-order valence-electron chi connectivity index (χ4n) is 2.72. The normalized spacial score (nSPS) is 17.1. The molecule has 5 nitrogen and oxygen atoms in total. The van der Waals surface area contributed by atoms with E-state index in [1.807, 2.05) is 23.4 Å². The first-order valence-electron chi connectivity index (χ1n) is 8.39. The number of nitro benzene ring substituents is 1. The number of nitro groups is 1. The van der Waals surface area contributed by atoms with Crippen LogP contribution >= 0.6 is 0 Å². The summed E-state index contributed by atoms with van der Waals surface area (Å²) in [6, 6.07) is 6.73. The van der Waals surface area contributed by atoms with Crippen LogP contribution in [0.5, 0.6) is 0 Å². The lowest BCUT2D eigenvalue weighted by atomic mass is 9.86. The molecule has 0 aliphatic carbocycles. The van der Waals surface area contributed by atoms with Gasteiger partial charge in [0.2, 0.25) is 0 Å². The van der Waals surface area contributed by atoms with Crippen molar-refractivity contribution in [3.8, 4) is 0 Å². The van der Waals surface area contributed by atoms with Crippen molar-refractivity contribution in [1.82, 2.24) is 4.90 Å². The van der Waals surface area contributed by atoms with E-state index in [-0.39, 0.29) is 23.4 Å². The number of non-ortho nitro benzene ring substituents is 1. The number of hydrogen-bond donors (Lipinski definition) is 0. The Bertz CT molecular complexity index is 660. The van der Waals surface area contributed by atoms with E-state index in [0.717, 1.165) is 24.0 Å². The van der Waals surface area contributed by atoms with Crippen LogP contribution in [0.1, 0.15) is 51.5 Å². The van der Waals surface area contributed by atoms with E-state index < -0.39 is 4.92 Å². The van der Waals surface area contributed by atoms with Gasteiger partial charge in [-0.15, -0.1) is 0 Å². The molecule has 0 bridgehead atoms. The standard InChI is InChI=1S/C19H24N2O3/c1-4-5-6-19(22)18-13-20(14(2)3)12-11-17(18)15-7-9-16(10-8-15)21(23)24/h7-14,17H,4-6H2,1-3H3/t17-/m0/s1. The molecule has 128 valence electrons. The molecule has 1 heterocycles. The van der Waals surface area contributed by atoms with Crippen molar-refractivity contribution in [3.63, 3.8) is 0 Å². The van der Waals surface area contributed by atoms with Crippen LogP contribution in [-0.4, -0.2) is 21.6 Å². The molecule has 24 heavy (non-hydrogen) atoms.